The van der Waals surface area contributed by atoms with Crippen LogP contribution in [0.1, 0.15) is 43.7 Å². The summed E-state index contributed by atoms with van der Waals surface area (Å²) in [6.45, 7) is 9.38. The number of nitrogens with zero attached hydrogens (tertiary/aromatic N) is 2. The number of hydrogen-bond acceptors (Lipinski definition) is 4. The van der Waals surface area contributed by atoms with E-state index in [1.165, 1.54) is 5.56 Å². The lowest BCUT2D eigenvalue weighted by molar-refractivity contribution is 0.125. The van der Waals surface area contributed by atoms with Crippen molar-refractivity contribution in [3.63, 3.8) is 0 Å². The van der Waals surface area contributed by atoms with E-state index in [9.17, 15) is 0 Å². The van der Waals surface area contributed by atoms with Gasteiger partial charge in [-0.25, -0.2) is 4.99 Å². The molecule has 0 aliphatic heterocycles. The zero-order valence-corrected chi connectivity index (χ0v) is 18.0. The lowest BCUT2D eigenvalue weighted by Gasteiger charge is -2.11. The normalized spacial score (nSPS) is 11.3. The number of guanidine groups is 1. The number of ether oxygens (including phenoxy) is 1. The molecule has 0 bridgehead atoms. The first-order valence-electron chi connectivity index (χ1n) is 8.78. The Labute approximate surface area is 172 Å². The van der Waals surface area contributed by atoms with Gasteiger partial charge >= 0.3 is 0 Å². The van der Waals surface area contributed by atoms with E-state index < -0.39 is 0 Å². The maximum Gasteiger partial charge on any atom is 0.191 e. The van der Waals surface area contributed by atoms with Gasteiger partial charge in [0.1, 0.15) is 6.54 Å². The fourth-order valence-corrected chi connectivity index (χ4v) is 2.18. The predicted molar refractivity (Wildman–Crippen MR) is 115 cm³/mol. The van der Waals surface area contributed by atoms with Gasteiger partial charge in [-0.15, -0.1) is 24.0 Å². The van der Waals surface area contributed by atoms with Crippen LogP contribution in [0.5, 0.6) is 0 Å². The van der Waals surface area contributed by atoms with Crippen molar-refractivity contribution in [3.8, 4) is 0 Å². The first-order valence-corrected chi connectivity index (χ1v) is 8.78. The molecule has 0 unspecified atom stereocenters. The molecule has 6 nitrogen and oxygen atoms in total. The maximum atomic E-state index is 5.67. The summed E-state index contributed by atoms with van der Waals surface area (Å²) in [7, 11) is 0. The summed E-state index contributed by atoms with van der Waals surface area (Å²) in [5.41, 5.74) is 2.13. The first-order chi connectivity index (χ1) is 12.2. The topological polar surface area (TPSA) is 71.7 Å². The van der Waals surface area contributed by atoms with Crippen molar-refractivity contribution in [1.29, 1.82) is 0 Å². The predicted octanol–water partition coefficient (Wildman–Crippen LogP) is 3.69. The molecule has 0 aliphatic carbocycles. The molecule has 2 N–H and O–H groups in total. The number of benzene rings is 1. The highest BCUT2D eigenvalue weighted by Gasteiger charge is 2.07. The van der Waals surface area contributed by atoms with E-state index in [-0.39, 0.29) is 24.0 Å². The molecule has 0 fully saturated rings. The van der Waals surface area contributed by atoms with Gasteiger partial charge in [0.05, 0.1) is 18.9 Å². The summed E-state index contributed by atoms with van der Waals surface area (Å²) in [5.74, 6) is 1.86. The molecule has 2 rings (SSSR count). The summed E-state index contributed by atoms with van der Waals surface area (Å²) in [6.07, 6.45) is 0. The van der Waals surface area contributed by atoms with Gasteiger partial charge in [0.15, 0.2) is 11.7 Å². The molecule has 144 valence electrons. The molecule has 0 radical (unpaired) electrons. The average molecular weight is 472 g/mol. The third kappa shape index (κ3) is 8.18. The van der Waals surface area contributed by atoms with Gasteiger partial charge in [-0.3, -0.25) is 0 Å². The van der Waals surface area contributed by atoms with Crippen LogP contribution in [0, 0.1) is 0 Å². The maximum absolute atomic E-state index is 5.67. The van der Waals surface area contributed by atoms with Crippen LogP contribution in [0.3, 0.4) is 0 Å². The van der Waals surface area contributed by atoms with E-state index in [1.54, 1.807) is 0 Å². The highest BCUT2D eigenvalue weighted by molar-refractivity contribution is 14.0. The van der Waals surface area contributed by atoms with Crippen LogP contribution in [0.15, 0.2) is 45.9 Å². The molecule has 0 spiro atoms. The molecular formula is C19H29IN4O2. The quantitative estimate of drug-likeness (QED) is 0.252. The zero-order valence-electron chi connectivity index (χ0n) is 15.7. The molecule has 2 aromatic rings. The smallest absolute Gasteiger partial charge is 0.191 e. The number of halogens is 1. The fraction of sp³-hybridized carbons (Fsp3) is 0.474. The van der Waals surface area contributed by atoms with Crippen molar-refractivity contribution in [2.24, 2.45) is 4.99 Å². The van der Waals surface area contributed by atoms with Crippen molar-refractivity contribution in [1.82, 2.24) is 15.8 Å². The standard InChI is InChI=1S/C19H28N4O2.HI/c1-4-20-19(22-13-17-12-18(15(2)3)23-25-17)21-10-11-24-14-16-8-6-5-7-9-16;/h5-9,12,15H,4,10-11,13-14H2,1-3H3,(H2,20,21,22);1H. The highest BCUT2D eigenvalue weighted by Crippen LogP contribution is 2.14. The Morgan fingerprint density at radius 3 is 2.65 bits per heavy atom. The molecular weight excluding hydrogens is 443 g/mol. The Morgan fingerprint density at radius 1 is 1.23 bits per heavy atom. The highest BCUT2D eigenvalue weighted by atomic mass is 127. The lowest BCUT2D eigenvalue weighted by atomic mass is 10.1. The molecule has 1 aromatic heterocycles. The summed E-state index contributed by atoms with van der Waals surface area (Å²) < 4.78 is 11.0. The molecule has 7 heteroatoms. The van der Waals surface area contributed by atoms with E-state index in [0.29, 0.717) is 32.2 Å². The number of nitrogens with one attached hydrogen (secondary N) is 2. The second kappa shape index (κ2) is 12.7. The van der Waals surface area contributed by atoms with Gasteiger partial charge in [0.2, 0.25) is 0 Å². The Hall–Kier alpha value is -1.61. The molecule has 1 heterocycles. The van der Waals surface area contributed by atoms with E-state index >= 15 is 0 Å². The Bertz CT molecular complexity index is 644. The van der Waals surface area contributed by atoms with E-state index in [4.69, 9.17) is 9.26 Å². The van der Waals surface area contributed by atoms with Gasteiger partial charge in [-0.2, -0.15) is 0 Å². The first kappa shape index (κ1) is 22.4. The number of aromatic nitrogens is 1. The minimum atomic E-state index is 0. The number of hydrogen-bond donors (Lipinski definition) is 2. The van der Waals surface area contributed by atoms with Gasteiger partial charge in [-0.1, -0.05) is 49.3 Å². The third-order valence-electron chi connectivity index (χ3n) is 3.56. The van der Waals surface area contributed by atoms with Gasteiger partial charge in [-0.05, 0) is 18.4 Å². The minimum absolute atomic E-state index is 0. The molecule has 0 atom stereocenters. The Morgan fingerprint density at radius 2 is 2.00 bits per heavy atom. The monoisotopic (exact) mass is 472 g/mol. The summed E-state index contributed by atoms with van der Waals surface area (Å²) >= 11 is 0. The van der Waals surface area contributed by atoms with Crippen LogP contribution >= 0.6 is 24.0 Å². The Kier molecular flexibility index (Phi) is 11.0. The van der Waals surface area contributed by atoms with Crippen LogP contribution in [-0.2, 0) is 17.9 Å². The van der Waals surface area contributed by atoms with Gasteiger partial charge < -0.3 is 19.9 Å². The second-order valence-corrected chi connectivity index (χ2v) is 6.03. The number of rotatable bonds is 9. The van der Waals surface area contributed by atoms with Gasteiger partial charge in [0.25, 0.3) is 0 Å². The van der Waals surface area contributed by atoms with E-state index in [1.807, 2.05) is 31.2 Å². The van der Waals surface area contributed by atoms with E-state index in [2.05, 4.69) is 46.8 Å². The summed E-state index contributed by atoms with van der Waals surface area (Å²) in [6, 6.07) is 12.1. The van der Waals surface area contributed by atoms with Gasteiger partial charge in [0, 0.05) is 19.2 Å². The van der Waals surface area contributed by atoms with Crippen molar-refractivity contribution in [2.45, 2.75) is 39.8 Å². The summed E-state index contributed by atoms with van der Waals surface area (Å²) in [4.78, 5) is 4.52. The zero-order chi connectivity index (χ0) is 17.9. The molecule has 0 saturated heterocycles. The molecule has 0 aliphatic rings. The molecule has 0 amide bonds. The van der Waals surface area contributed by atoms with Crippen molar-refractivity contribution in [2.75, 3.05) is 19.7 Å². The lowest BCUT2D eigenvalue weighted by Crippen LogP contribution is -2.38. The largest absolute Gasteiger partial charge is 0.375 e. The van der Waals surface area contributed by atoms with Crippen molar-refractivity contribution >= 4 is 29.9 Å². The second-order valence-electron chi connectivity index (χ2n) is 6.03. The average Bonchev–Trinajstić information content (AvgIpc) is 3.09. The number of aliphatic imine (C=N–C) groups is 1. The Balaban J connectivity index is 0.00000338. The molecule has 26 heavy (non-hydrogen) atoms. The molecule has 1 aromatic carbocycles. The van der Waals surface area contributed by atoms with Crippen LogP contribution in [0.4, 0.5) is 0 Å². The van der Waals surface area contributed by atoms with Crippen LogP contribution in [0.25, 0.3) is 0 Å². The molecule has 0 saturated carbocycles. The van der Waals surface area contributed by atoms with Crippen molar-refractivity contribution in [3.05, 3.63) is 53.4 Å². The third-order valence-corrected chi connectivity index (χ3v) is 3.56. The van der Waals surface area contributed by atoms with E-state index in [0.717, 1.165) is 24.0 Å². The van der Waals surface area contributed by atoms with Crippen molar-refractivity contribution < 1.29 is 9.26 Å². The summed E-state index contributed by atoms with van der Waals surface area (Å²) in [5, 5.41) is 10.5. The van der Waals surface area contributed by atoms with Crippen LogP contribution in [-0.4, -0.2) is 30.8 Å². The van der Waals surface area contributed by atoms with Crippen LogP contribution < -0.4 is 10.6 Å². The fourth-order valence-electron chi connectivity index (χ4n) is 2.18. The van der Waals surface area contributed by atoms with Crippen LogP contribution in [0.2, 0.25) is 0 Å². The minimum Gasteiger partial charge on any atom is -0.375 e. The SMILES string of the molecule is CCNC(=NCc1cc(C(C)C)no1)NCCOCc1ccccc1.I.